The van der Waals surface area contributed by atoms with Gasteiger partial charge in [0.1, 0.15) is 23.1 Å². The van der Waals surface area contributed by atoms with Crippen LogP contribution in [0.1, 0.15) is 16.2 Å². The third kappa shape index (κ3) is 2.70. The van der Waals surface area contributed by atoms with Gasteiger partial charge >= 0.3 is 0 Å². The van der Waals surface area contributed by atoms with Gasteiger partial charge in [0.15, 0.2) is 0 Å². The molecule has 0 radical (unpaired) electrons. The van der Waals surface area contributed by atoms with Gasteiger partial charge in [-0.1, -0.05) is 0 Å². The predicted molar refractivity (Wildman–Crippen MR) is 65.1 cm³/mol. The number of aryl methyl sites for hydroxylation is 1. The fraction of sp³-hybridized carbons (Fsp3) is 0.167. The summed E-state index contributed by atoms with van der Waals surface area (Å²) in [6.07, 6.45) is 3.31. The Bertz CT molecular complexity index is 601. The smallest absolute Gasteiger partial charge is 0.251 e. The Labute approximate surface area is 108 Å². The molecule has 5 nitrogen and oxygen atoms in total. The average molecular weight is 266 g/mol. The molecule has 0 fully saturated rings. The van der Waals surface area contributed by atoms with Crippen LogP contribution in [0.5, 0.6) is 0 Å². The van der Waals surface area contributed by atoms with Gasteiger partial charge in [-0.15, -0.1) is 0 Å². The van der Waals surface area contributed by atoms with Gasteiger partial charge in [-0.25, -0.2) is 13.8 Å². The monoisotopic (exact) mass is 266 g/mol. The zero-order valence-corrected chi connectivity index (χ0v) is 10.2. The van der Waals surface area contributed by atoms with Crippen molar-refractivity contribution in [2.75, 3.05) is 5.73 Å². The summed E-state index contributed by atoms with van der Waals surface area (Å²) in [6, 6.07) is 1.79. The first-order valence-corrected chi connectivity index (χ1v) is 5.48. The fourth-order valence-electron chi connectivity index (χ4n) is 1.54. The average Bonchev–Trinajstić information content (AvgIpc) is 2.78. The van der Waals surface area contributed by atoms with Gasteiger partial charge in [-0.05, 0) is 12.1 Å². The van der Waals surface area contributed by atoms with E-state index in [1.54, 1.807) is 24.0 Å². The van der Waals surface area contributed by atoms with E-state index in [-0.39, 0.29) is 12.1 Å². The van der Waals surface area contributed by atoms with Crippen LogP contribution in [0.25, 0.3) is 0 Å². The number of carbonyl (C=O) groups excluding carboxylic acids is 1. The molecule has 0 aliphatic heterocycles. The van der Waals surface area contributed by atoms with E-state index in [1.165, 1.54) is 0 Å². The van der Waals surface area contributed by atoms with E-state index in [1.807, 2.05) is 0 Å². The van der Waals surface area contributed by atoms with Crippen molar-refractivity contribution in [1.82, 2.24) is 14.9 Å². The van der Waals surface area contributed by atoms with Crippen LogP contribution in [0, 0.1) is 11.6 Å². The number of carbonyl (C=O) groups is 1. The second kappa shape index (κ2) is 5.05. The van der Waals surface area contributed by atoms with Gasteiger partial charge in [-0.2, -0.15) is 0 Å². The van der Waals surface area contributed by atoms with E-state index in [2.05, 4.69) is 10.3 Å². The number of hydrogen-bond acceptors (Lipinski definition) is 3. The molecule has 0 aliphatic carbocycles. The van der Waals surface area contributed by atoms with E-state index in [0.717, 1.165) is 12.1 Å². The molecule has 0 saturated heterocycles. The molecule has 0 bridgehead atoms. The lowest BCUT2D eigenvalue weighted by molar-refractivity contribution is 0.0948. The molecule has 19 heavy (non-hydrogen) atoms. The normalized spacial score (nSPS) is 10.5. The number of nitrogen functional groups attached to an aromatic ring is 1. The lowest BCUT2D eigenvalue weighted by Gasteiger charge is -2.07. The Morgan fingerprint density at radius 1 is 1.42 bits per heavy atom. The lowest BCUT2D eigenvalue weighted by Crippen LogP contribution is -2.24. The minimum Gasteiger partial charge on any atom is -0.394 e. The van der Waals surface area contributed by atoms with Crippen LogP contribution in [0.2, 0.25) is 0 Å². The highest BCUT2D eigenvalue weighted by atomic mass is 19.1. The lowest BCUT2D eigenvalue weighted by atomic mass is 10.1. The van der Waals surface area contributed by atoms with Gasteiger partial charge in [-0.3, -0.25) is 4.79 Å². The largest absolute Gasteiger partial charge is 0.394 e. The molecule has 0 saturated carbocycles. The van der Waals surface area contributed by atoms with Crippen LogP contribution in [0.4, 0.5) is 14.5 Å². The minimum absolute atomic E-state index is 0.126. The van der Waals surface area contributed by atoms with Gasteiger partial charge in [0.05, 0.1) is 6.54 Å². The van der Waals surface area contributed by atoms with Crippen LogP contribution in [0.3, 0.4) is 0 Å². The third-order valence-corrected chi connectivity index (χ3v) is 2.67. The summed E-state index contributed by atoms with van der Waals surface area (Å²) >= 11 is 0. The first kappa shape index (κ1) is 13.0. The number of benzene rings is 1. The van der Waals surface area contributed by atoms with Crippen molar-refractivity contribution in [3.05, 3.63) is 47.5 Å². The Morgan fingerprint density at radius 3 is 2.58 bits per heavy atom. The van der Waals surface area contributed by atoms with Crippen LogP contribution in [-0.2, 0) is 13.6 Å². The Morgan fingerprint density at radius 2 is 2.05 bits per heavy atom. The summed E-state index contributed by atoms with van der Waals surface area (Å²) in [5, 5.41) is 2.52. The molecular weight excluding hydrogens is 254 g/mol. The summed E-state index contributed by atoms with van der Waals surface area (Å²) in [7, 11) is 1.77. The zero-order valence-electron chi connectivity index (χ0n) is 10.2. The van der Waals surface area contributed by atoms with Crippen LogP contribution >= 0.6 is 0 Å². The summed E-state index contributed by atoms with van der Waals surface area (Å²) in [4.78, 5) is 15.8. The molecule has 2 aromatic rings. The van der Waals surface area contributed by atoms with Gasteiger partial charge in [0.25, 0.3) is 5.91 Å². The van der Waals surface area contributed by atoms with Crippen molar-refractivity contribution in [1.29, 1.82) is 0 Å². The van der Waals surface area contributed by atoms with E-state index in [0.29, 0.717) is 5.82 Å². The zero-order chi connectivity index (χ0) is 14.0. The molecule has 0 atom stereocenters. The number of anilines is 1. The van der Waals surface area contributed by atoms with Crippen molar-refractivity contribution in [2.45, 2.75) is 6.54 Å². The molecular formula is C12H12F2N4O. The molecule has 0 spiro atoms. The number of nitrogens with zero attached hydrogens (tertiary/aromatic N) is 2. The second-order valence-electron chi connectivity index (χ2n) is 3.99. The molecule has 0 aliphatic rings. The van der Waals surface area contributed by atoms with Crippen LogP contribution in [0.15, 0.2) is 24.5 Å². The molecule has 2 rings (SSSR count). The van der Waals surface area contributed by atoms with Crippen molar-refractivity contribution in [3.63, 3.8) is 0 Å². The molecule has 100 valence electrons. The predicted octanol–water partition coefficient (Wildman–Crippen LogP) is 1.21. The maximum Gasteiger partial charge on any atom is 0.251 e. The highest BCUT2D eigenvalue weighted by molar-refractivity contribution is 5.94. The molecule has 1 aromatic heterocycles. The minimum atomic E-state index is -0.956. The number of rotatable bonds is 3. The number of halogens is 2. The highest BCUT2D eigenvalue weighted by Gasteiger charge is 2.13. The summed E-state index contributed by atoms with van der Waals surface area (Å²) < 4.78 is 28.2. The molecule has 1 heterocycles. The van der Waals surface area contributed by atoms with Crippen molar-refractivity contribution < 1.29 is 13.6 Å². The number of aromatic nitrogens is 2. The van der Waals surface area contributed by atoms with Crippen molar-refractivity contribution in [2.24, 2.45) is 7.05 Å². The summed E-state index contributed by atoms with van der Waals surface area (Å²) in [5.74, 6) is -1.88. The highest BCUT2D eigenvalue weighted by Crippen LogP contribution is 2.17. The summed E-state index contributed by atoms with van der Waals surface area (Å²) in [5.41, 5.74) is 4.40. The van der Waals surface area contributed by atoms with Crippen LogP contribution < -0.4 is 11.1 Å². The molecule has 1 amide bonds. The standard InChI is InChI=1S/C12H12F2N4O/c1-18-3-2-16-10(18)6-17-12(19)7-4-8(13)11(15)9(14)5-7/h2-5H,6,15H2,1H3,(H,17,19). The van der Waals surface area contributed by atoms with E-state index >= 15 is 0 Å². The summed E-state index contributed by atoms with van der Waals surface area (Å²) in [6.45, 7) is 0.163. The second-order valence-corrected chi connectivity index (χ2v) is 3.99. The molecule has 1 aromatic carbocycles. The third-order valence-electron chi connectivity index (χ3n) is 2.67. The van der Waals surface area contributed by atoms with Crippen molar-refractivity contribution in [3.8, 4) is 0 Å². The van der Waals surface area contributed by atoms with Crippen LogP contribution in [-0.4, -0.2) is 15.5 Å². The van der Waals surface area contributed by atoms with Gasteiger partial charge < -0.3 is 15.6 Å². The topological polar surface area (TPSA) is 72.9 Å². The maximum atomic E-state index is 13.2. The number of nitrogens with one attached hydrogen (secondary N) is 1. The van der Waals surface area contributed by atoms with E-state index < -0.39 is 23.2 Å². The van der Waals surface area contributed by atoms with Gasteiger partial charge in [0, 0.05) is 25.0 Å². The number of hydrogen-bond donors (Lipinski definition) is 2. The first-order valence-electron chi connectivity index (χ1n) is 5.48. The Balaban J connectivity index is 2.10. The Kier molecular flexibility index (Phi) is 3.46. The number of amides is 1. The maximum absolute atomic E-state index is 13.2. The SMILES string of the molecule is Cn1ccnc1CNC(=O)c1cc(F)c(N)c(F)c1. The fourth-order valence-corrected chi connectivity index (χ4v) is 1.54. The Hall–Kier alpha value is -2.44. The number of nitrogens with two attached hydrogens (primary N) is 1. The first-order chi connectivity index (χ1) is 8.99. The molecule has 3 N–H and O–H groups in total. The quantitative estimate of drug-likeness (QED) is 0.820. The van der Waals surface area contributed by atoms with Gasteiger partial charge in [0.2, 0.25) is 0 Å². The number of imidazole rings is 1. The van der Waals surface area contributed by atoms with Crippen molar-refractivity contribution >= 4 is 11.6 Å². The van der Waals surface area contributed by atoms with E-state index in [4.69, 9.17) is 5.73 Å². The molecule has 0 unspecified atom stereocenters. The molecule has 7 heteroatoms. The van der Waals surface area contributed by atoms with E-state index in [9.17, 15) is 13.6 Å².